The smallest absolute Gasteiger partial charge is 0.321 e. The van der Waals surface area contributed by atoms with Gasteiger partial charge in [0.1, 0.15) is 0 Å². The molecule has 0 aliphatic heterocycles. The van der Waals surface area contributed by atoms with Gasteiger partial charge in [0.05, 0.1) is 0 Å². The zero-order chi connectivity index (χ0) is 15.5. The van der Waals surface area contributed by atoms with Crippen LogP contribution in [-0.2, 0) is 6.42 Å². The fourth-order valence-corrected chi connectivity index (χ4v) is 3.23. The molecule has 0 spiro atoms. The van der Waals surface area contributed by atoms with Crippen LogP contribution in [0.25, 0.3) is 0 Å². The Bertz CT molecular complexity index is 647. The highest BCUT2D eigenvalue weighted by atomic mass is 32.1. The number of hydrogen-bond acceptors (Lipinski definition) is 2. The maximum absolute atomic E-state index is 12.6. The van der Waals surface area contributed by atoms with Gasteiger partial charge in [0.15, 0.2) is 0 Å². The summed E-state index contributed by atoms with van der Waals surface area (Å²) < 4.78 is 0. The van der Waals surface area contributed by atoms with Crippen LogP contribution in [0.4, 0.5) is 10.5 Å². The van der Waals surface area contributed by atoms with E-state index in [2.05, 4.69) is 42.7 Å². The van der Waals surface area contributed by atoms with Gasteiger partial charge in [-0.15, -0.1) is 11.3 Å². The lowest BCUT2D eigenvalue weighted by Gasteiger charge is -2.23. The number of carbonyl (C=O) groups is 1. The van der Waals surface area contributed by atoms with Crippen LogP contribution in [0.1, 0.15) is 28.8 Å². The van der Waals surface area contributed by atoms with E-state index in [1.807, 2.05) is 17.0 Å². The van der Waals surface area contributed by atoms with E-state index in [1.54, 1.807) is 11.3 Å². The molecule has 1 N–H and O–H groups in total. The molecule has 116 valence electrons. The standard InChI is InChI=1S/C18H22N2OS/c1-13-5-6-15(12-14(13)2)19-18(21)20(16-7-8-16)10-9-17-4-3-11-22-17/h3-6,11-12,16H,7-10H2,1-2H3,(H,19,21). The van der Waals surface area contributed by atoms with Crippen molar-refractivity contribution in [2.24, 2.45) is 0 Å². The zero-order valence-electron chi connectivity index (χ0n) is 13.1. The van der Waals surface area contributed by atoms with E-state index in [-0.39, 0.29) is 6.03 Å². The van der Waals surface area contributed by atoms with Gasteiger partial charge < -0.3 is 10.2 Å². The molecule has 1 aliphatic carbocycles. The predicted octanol–water partition coefficient (Wildman–Crippen LogP) is 4.60. The first-order valence-electron chi connectivity index (χ1n) is 7.81. The average Bonchev–Trinajstić information content (AvgIpc) is 3.18. The van der Waals surface area contributed by atoms with Crippen molar-refractivity contribution in [3.8, 4) is 0 Å². The third-order valence-electron chi connectivity index (χ3n) is 4.19. The van der Waals surface area contributed by atoms with Crippen LogP contribution < -0.4 is 5.32 Å². The summed E-state index contributed by atoms with van der Waals surface area (Å²) in [6.45, 7) is 4.95. The Hall–Kier alpha value is -1.81. The summed E-state index contributed by atoms with van der Waals surface area (Å²) in [6.07, 6.45) is 3.20. The molecule has 4 heteroatoms. The quantitative estimate of drug-likeness (QED) is 0.859. The van der Waals surface area contributed by atoms with Crippen molar-refractivity contribution in [1.29, 1.82) is 0 Å². The molecule has 1 aromatic heterocycles. The Morgan fingerprint density at radius 1 is 1.27 bits per heavy atom. The van der Waals surface area contributed by atoms with Gasteiger partial charge in [0.2, 0.25) is 0 Å². The highest BCUT2D eigenvalue weighted by molar-refractivity contribution is 7.09. The Morgan fingerprint density at radius 3 is 2.73 bits per heavy atom. The van der Waals surface area contributed by atoms with Crippen molar-refractivity contribution >= 4 is 23.1 Å². The minimum atomic E-state index is 0.0299. The van der Waals surface area contributed by atoms with Gasteiger partial charge in [-0.3, -0.25) is 0 Å². The second-order valence-electron chi connectivity index (χ2n) is 5.98. The molecule has 0 unspecified atom stereocenters. The predicted molar refractivity (Wildman–Crippen MR) is 92.7 cm³/mol. The number of nitrogens with one attached hydrogen (secondary N) is 1. The minimum Gasteiger partial charge on any atom is -0.321 e. The number of urea groups is 1. The van der Waals surface area contributed by atoms with Crippen LogP contribution in [0, 0.1) is 13.8 Å². The molecule has 1 fully saturated rings. The van der Waals surface area contributed by atoms with Gasteiger partial charge in [-0.2, -0.15) is 0 Å². The van der Waals surface area contributed by atoms with Crippen LogP contribution in [0.5, 0.6) is 0 Å². The third kappa shape index (κ3) is 3.69. The van der Waals surface area contributed by atoms with E-state index in [1.165, 1.54) is 16.0 Å². The van der Waals surface area contributed by atoms with E-state index >= 15 is 0 Å². The molecule has 2 amide bonds. The number of carbonyl (C=O) groups excluding carboxylic acids is 1. The molecule has 0 saturated heterocycles. The summed E-state index contributed by atoms with van der Waals surface area (Å²) in [6, 6.07) is 10.7. The summed E-state index contributed by atoms with van der Waals surface area (Å²) >= 11 is 1.76. The van der Waals surface area contributed by atoms with E-state index in [4.69, 9.17) is 0 Å². The summed E-state index contributed by atoms with van der Waals surface area (Å²) in [7, 11) is 0. The van der Waals surface area contributed by atoms with Crippen molar-refractivity contribution in [2.45, 2.75) is 39.2 Å². The molecule has 1 aliphatic rings. The molecular weight excluding hydrogens is 292 g/mol. The van der Waals surface area contributed by atoms with Crippen molar-refractivity contribution in [1.82, 2.24) is 4.90 Å². The Kier molecular flexibility index (Phi) is 4.48. The van der Waals surface area contributed by atoms with Crippen molar-refractivity contribution in [2.75, 3.05) is 11.9 Å². The largest absolute Gasteiger partial charge is 0.322 e. The van der Waals surface area contributed by atoms with Gasteiger partial charge >= 0.3 is 6.03 Å². The van der Waals surface area contributed by atoms with Gasteiger partial charge in [-0.1, -0.05) is 12.1 Å². The SMILES string of the molecule is Cc1ccc(NC(=O)N(CCc2cccs2)C2CC2)cc1C. The molecule has 3 rings (SSSR count). The fourth-order valence-electron chi connectivity index (χ4n) is 2.54. The molecule has 0 bridgehead atoms. The maximum Gasteiger partial charge on any atom is 0.322 e. The van der Waals surface area contributed by atoms with Gasteiger partial charge in [0, 0.05) is 23.2 Å². The summed E-state index contributed by atoms with van der Waals surface area (Å²) in [5.41, 5.74) is 3.33. The first kappa shape index (κ1) is 15.1. The highest BCUT2D eigenvalue weighted by Gasteiger charge is 2.32. The van der Waals surface area contributed by atoms with Crippen molar-refractivity contribution in [3.05, 3.63) is 51.7 Å². The van der Waals surface area contributed by atoms with E-state index in [0.29, 0.717) is 6.04 Å². The molecular formula is C18H22N2OS. The highest BCUT2D eigenvalue weighted by Crippen LogP contribution is 2.28. The van der Waals surface area contributed by atoms with E-state index in [0.717, 1.165) is 31.5 Å². The molecule has 1 saturated carbocycles. The summed E-state index contributed by atoms with van der Waals surface area (Å²) in [5.74, 6) is 0. The Morgan fingerprint density at radius 2 is 2.09 bits per heavy atom. The third-order valence-corrected chi connectivity index (χ3v) is 5.12. The molecule has 0 radical (unpaired) electrons. The molecule has 1 aromatic carbocycles. The zero-order valence-corrected chi connectivity index (χ0v) is 14.0. The van der Waals surface area contributed by atoms with Gasteiger partial charge in [-0.05, 0) is 67.8 Å². The normalized spacial score (nSPS) is 13.9. The fraction of sp³-hybridized carbons (Fsp3) is 0.389. The first-order chi connectivity index (χ1) is 10.6. The first-order valence-corrected chi connectivity index (χ1v) is 8.69. The lowest BCUT2D eigenvalue weighted by molar-refractivity contribution is 0.209. The number of rotatable bonds is 5. The van der Waals surface area contributed by atoms with Crippen molar-refractivity contribution < 1.29 is 4.79 Å². The second kappa shape index (κ2) is 6.53. The van der Waals surface area contributed by atoms with Crippen LogP contribution in [0.15, 0.2) is 35.7 Å². The topological polar surface area (TPSA) is 32.3 Å². The number of benzene rings is 1. The summed E-state index contributed by atoms with van der Waals surface area (Å²) in [5, 5.41) is 5.14. The Balaban J connectivity index is 1.63. The lowest BCUT2D eigenvalue weighted by atomic mass is 10.1. The van der Waals surface area contributed by atoms with Gasteiger partial charge in [0.25, 0.3) is 0 Å². The minimum absolute atomic E-state index is 0.0299. The maximum atomic E-state index is 12.6. The lowest BCUT2D eigenvalue weighted by Crippen LogP contribution is -2.38. The van der Waals surface area contributed by atoms with Crippen LogP contribution >= 0.6 is 11.3 Å². The molecule has 3 nitrogen and oxygen atoms in total. The van der Waals surface area contributed by atoms with Crippen LogP contribution in [-0.4, -0.2) is 23.5 Å². The molecule has 22 heavy (non-hydrogen) atoms. The van der Waals surface area contributed by atoms with Crippen molar-refractivity contribution in [3.63, 3.8) is 0 Å². The van der Waals surface area contributed by atoms with E-state index < -0.39 is 0 Å². The number of anilines is 1. The average molecular weight is 314 g/mol. The number of hydrogen-bond donors (Lipinski definition) is 1. The molecule has 2 aromatic rings. The monoisotopic (exact) mass is 314 g/mol. The van der Waals surface area contributed by atoms with E-state index in [9.17, 15) is 4.79 Å². The van der Waals surface area contributed by atoms with Gasteiger partial charge in [-0.25, -0.2) is 4.79 Å². The Labute approximate surface area is 136 Å². The number of nitrogens with zero attached hydrogens (tertiary/aromatic N) is 1. The number of amides is 2. The second-order valence-corrected chi connectivity index (χ2v) is 7.02. The number of thiophene rings is 1. The molecule has 0 atom stereocenters. The molecule has 1 heterocycles. The van der Waals surface area contributed by atoms with Crippen LogP contribution in [0.2, 0.25) is 0 Å². The number of aryl methyl sites for hydroxylation is 2. The van der Waals surface area contributed by atoms with Crippen LogP contribution in [0.3, 0.4) is 0 Å². The summed E-state index contributed by atoms with van der Waals surface area (Å²) in [4.78, 5) is 15.9.